The normalized spacial score (nSPS) is 16.8. The van der Waals surface area contributed by atoms with Crippen LogP contribution in [0.3, 0.4) is 0 Å². The molecular weight excluding hydrogens is 389 g/mol. The number of carbonyl (C=O) groups is 2. The van der Waals surface area contributed by atoms with Crippen molar-refractivity contribution in [2.45, 2.75) is 26.4 Å². The van der Waals surface area contributed by atoms with Crippen molar-refractivity contribution in [1.29, 1.82) is 0 Å². The minimum atomic E-state index is -0.531. The molecule has 1 fully saturated rings. The quantitative estimate of drug-likeness (QED) is 0.799. The summed E-state index contributed by atoms with van der Waals surface area (Å²) in [5, 5.41) is 5.23. The van der Waals surface area contributed by atoms with Crippen molar-refractivity contribution in [2.24, 2.45) is 0 Å². The Bertz CT molecular complexity index is 923. The van der Waals surface area contributed by atoms with Gasteiger partial charge in [0.2, 0.25) is 0 Å². The topological polar surface area (TPSA) is 86.8 Å². The molecule has 2 aromatic rings. The van der Waals surface area contributed by atoms with Gasteiger partial charge >= 0.3 is 12.1 Å². The zero-order chi connectivity index (χ0) is 21.7. The first-order valence-electron chi connectivity index (χ1n) is 9.72. The van der Waals surface area contributed by atoms with Crippen LogP contribution in [0.1, 0.15) is 18.2 Å². The number of hydrogen-bond donors (Lipinski definition) is 2. The lowest BCUT2D eigenvalue weighted by molar-refractivity contribution is 0.0615. The van der Waals surface area contributed by atoms with Crippen LogP contribution in [0.25, 0.3) is 0 Å². The van der Waals surface area contributed by atoms with Gasteiger partial charge in [0, 0.05) is 55.4 Å². The zero-order valence-electron chi connectivity index (χ0n) is 17.3. The van der Waals surface area contributed by atoms with Gasteiger partial charge in [-0.2, -0.15) is 0 Å². The van der Waals surface area contributed by atoms with Gasteiger partial charge in [0.15, 0.2) is 5.82 Å². The third-order valence-corrected chi connectivity index (χ3v) is 5.05. The lowest BCUT2D eigenvalue weighted by atomic mass is 10.1. The van der Waals surface area contributed by atoms with Crippen molar-refractivity contribution in [3.05, 3.63) is 53.6 Å². The molecule has 0 spiro atoms. The Hall–Kier alpha value is -3.20. The maximum absolute atomic E-state index is 15.0. The van der Waals surface area contributed by atoms with E-state index < -0.39 is 11.8 Å². The highest BCUT2D eigenvalue weighted by atomic mass is 19.1. The summed E-state index contributed by atoms with van der Waals surface area (Å²) in [7, 11) is 1.36. The Morgan fingerprint density at radius 1 is 1.27 bits per heavy atom. The maximum atomic E-state index is 15.0. The summed E-state index contributed by atoms with van der Waals surface area (Å²) in [6.45, 7) is 5.82. The molecule has 1 aliphatic heterocycles. The van der Waals surface area contributed by atoms with E-state index in [9.17, 15) is 9.59 Å². The van der Waals surface area contributed by atoms with Gasteiger partial charge in [0.25, 0.3) is 0 Å². The van der Waals surface area contributed by atoms with Crippen LogP contribution in [-0.4, -0.2) is 59.7 Å². The van der Waals surface area contributed by atoms with Crippen LogP contribution in [-0.2, 0) is 11.3 Å². The molecule has 0 aliphatic carbocycles. The third kappa shape index (κ3) is 5.24. The second-order valence-electron chi connectivity index (χ2n) is 7.28. The Morgan fingerprint density at radius 3 is 2.77 bits per heavy atom. The van der Waals surface area contributed by atoms with Gasteiger partial charge in [-0.3, -0.25) is 9.88 Å². The second kappa shape index (κ2) is 9.53. The average molecular weight is 415 g/mol. The molecule has 1 aromatic heterocycles. The fourth-order valence-corrected chi connectivity index (χ4v) is 3.45. The van der Waals surface area contributed by atoms with Crippen LogP contribution in [0.5, 0.6) is 0 Å². The summed E-state index contributed by atoms with van der Waals surface area (Å²) >= 11 is 0. The van der Waals surface area contributed by atoms with Crippen molar-refractivity contribution in [1.82, 2.24) is 14.8 Å². The van der Waals surface area contributed by atoms with E-state index in [1.54, 1.807) is 35.4 Å². The molecular formula is C21H26FN5O3. The number of aromatic nitrogens is 1. The number of ether oxygens (including phenoxy) is 1. The molecule has 2 N–H and O–H groups in total. The molecule has 160 valence electrons. The molecule has 0 bridgehead atoms. The Morgan fingerprint density at radius 2 is 2.07 bits per heavy atom. The van der Waals surface area contributed by atoms with E-state index >= 15 is 4.39 Å². The molecule has 2 heterocycles. The minimum Gasteiger partial charge on any atom is -0.453 e. The van der Waals surface area contributed by atoms with Crippen LogP contribution >= 0.6 is 0 Å². The predicted molar refractivity (Wildman–Crippen MR) is 112 cm³/mol. The summed E-state index contributed by atoms with van der Waals surface area (Å²) in [5.41, 5.74) is 1.93. The summed E-state index contributed by atoms with van der Waals surface area (Å²) in [5.74, 6) is -0.471. The summed E-state index contributed by atoms with van der Waals surface area (Å²) in [6, 6.07) is 7.83. The number of piperazine rings is 1. The highest BCUT2D eigenvalue weighted by molar-refractivity contribution is 5.99. The summed E-state index contributed by atoms with van der Waals surface area (Å²) < 4.78 is 19.8. The number of pyridine rings is 1. The standard InChI is InChI=1S/C21H26FN5O3/c1-14-11-17(7-8-23-14)24-20(28)25-18-6-4-5-16(19(18)22)13-26-9-10-27(12-15(26)2)21(29)30-3/h4-8,11,15H,9-10,12-13H2,1-3H3,(H2,23,24,25,28)/t15-/m1/s1. The molecule has 30 heavy (non-hydrogen) atoms. The van der Waals surface area contributed by atoms with Gasteiger partial charge in [-0.1, -0.05) is 12.1 Å². The van der Waals surface area contributed by atoms with Gasteiger partial charge in [0.1, 0.15) is 0 Å². The number of halogens is 1. The van der Waals surface area contributed by atoms with Crippen LogP contribution in [0.15, 0.2) is 36.5 Å². The molecule has 1 atom stereocenters. The first-order chi connectivity index (χ1) is 14.4. The Kier molecular flexibility index (Phi) is 6.83. The molecule has 3 rings (SSSR count). The number of benzene rings is 1. The number of rotatable bonds is 4. The van der Waals surface area contributed by atoms with Gasteiger partial charge in [-0.15, -0.1) is 0 Å². The number of anilines is 2. The van der Waals surface area contributed by atoms with E-state index in [1.807, 2.05) is 13.8 Å². The monoisotopic (exact) mass is 415 g/mol. The van der Waals surface area contributed by atoms with E-state index in [1.165, 1.54) is 13.2 Å². The molecule has 0 radical (unpaired) electrons. The molecule has 1 aliphatic rings. The van der Waals surface area contributed by atoms with Crippen molar-refractivity contribution in [3.63, 3.8) is 0 Å². The number of nitrogens with zero attached hydrogens (tertiary/aromatic N) is 3. The van der Waals surface area contributed by atoms with E-state index in [-0.39, 0.29) is 17.8 Å². The van der Waals surface area contributed by atoms with E-state index in [4.69, 9.17) is 4.74 Å². The summed E-state index contributed by atoms with van der Waals surface area (Å²) in [6.07, 6.45) is 1.24. The van der Waals surface area contributed by atoms with Crippen LogP contribution in [0.2, 0.25) is 0 Å². The molecule has 8 nitrogen and oxygen atoms in total. The molecule has 9 heteroatoms. The number of aryl methyl sites for hydroxylation is 1. The van der Waals surface area contributed by atoms with Gasteiger partial charge in [0.05, 0.1) is 12.8 Å². The number of hydrogen-bond acceptors (Lipinski definition) is 5. The maximum Gasteiger partial charge on any atom is 0.409 e. The third-order valence-electron chi connectivity index (χ3n) is 5.05. The smallest absolute Gasteiger partial charge is 0.409 e. The number of methoxy groups -OCH3 is 1. The Balaban J connectivity index is 1.63. The number of amides is 3. The van der Waals surface area contributed by atoms with Crippen LogP contribution in [0, 0.1) is 12.7 Å². The highest BCUT2D eigenvalue weighted by Gasteiger charge is 2.28. The van der Waals surface area contributed by atoms with E-state index in [0.29, 0.717) is 37.4 Å². The fraction of sp³-hybridized carbons (Fsp3) is 0.381. The van der Waals surface area contributed by atoms with Crippen molar-refractivity contribution < 1.29 is 18.7 Å². The second-order valence-corrected chi connectivity index (χ2v) is 7.28. The molecule has 3 amide bonds. The largest absolute Gasteiger partial charge is 0.453 e. The lowest BCUT2D eigenvalue weighted by Gasteiger charge is -2.39. The minimum absolute atomic E-state index is 0.0482. The molecule has 0 saturated carbocycles. The van der Waals surface area contributed by atoms with Gasteiger partial charge < -0.3 is 20.3 Å². The van der Waals surface area contributed by atoms with Gasteiger partial charge in [-0.25, -0.2) is 14.0 Å². The van der Waals surface area contributed by atoms with Crippen molar-refractivity contribution in [2.75, 3.05) is 37.4 Å². The predicted octanol–water partition coefficient (Wildman–Crippen LogP) is 3.45. The van der Waals surface area contributed by atoms with Crippen molar-refractivity contribution in [3.8, 4) is 0 Å². The zero-order valence-corrected chi connectivity index (χ0v) is 17.3. The van der Waals surface area contributed by atoms with Gasteiger partial charge in [-0.05, 0) is 32.0 Å². The average Bonchev–Trinajstić information content (AvgIpc) is 2.71. The number of nitrogens with one attached hydrogen (secondary N) is 2. The van der Waals surface area contributed by atoms with Crippen molar-refractivity contribution >= 4 is 23.5 Å². The fourth-order valence-electron chi connectivity index (χ4n) is 3.45. The first kappa shape index (κ1) is 21.5. The van der Waals surface area contributed by atoms with E-state index in [2.05, 4.69) is 20.5 Å². The van der Waals surface area contributed by atoms with E-state index in [0.717, 1.165) is 5.69 Å². The highest BCUT2D eigenvalue weighted by Crippen LogP contribution is 2.22. The molecule has 1 aromatic carbocycles. The SMILES string of the molecule is COC(=O)N1CCN(Cc2cccc(NC(=O)Nc3ccnc(C)c3)c2F)[C@H](C)C1. The Labute approximate surface area is 175 Å². The van der Waals surface area contributed by atoms with Crippen LogP contribution < -0.4 is 10.6 Å². The molecule has 0 unspecified atom stereocenters. The van der Waals surface area contributed by atoms with Crippen LogP contribution in [0.4, 0.5) is 25.4 Å². The first-order valence-corrected chi connectivity index (χ1v) is 9.72. The molecule has 1 saturated heterocycles. The number of carbonyl (C=O) groups excluding carboxylic acids is 2. The lowest BCUT2D eigenvalue weighted by Crippen LogP contribution is -2.53. The summed E-state index contributed by atoms with van der Waals surface area (Å²) in [4.78, 5) is 31.8. The number of urea groups is 1.